The van der Waals surface area contributed by atoms with E-state index in [1.165, 1.54) is 0 Å². The molecule has 0 bridgehead atoms. The maximum Gasteiger partial charge on any atom is 0.333 e. The molecule has 4 unspecified atom stereocenters. The van der Waals surface area contributed by atoms with Crippen molar-refractivity contribution in [1.82, 2.24) is 0 Å². The molecule has 1 heterocycles. The smallest absolute Gasteiger partial charge is 0.333 e. The Kier molecular flexibility index (Phi) is 5.91. The van der Waals surface area contributed by atoms with Crippen molar-refractivity contribution in [1.29, 1.82) is 0 Å². The molecule has 4 aliphatic carbocycles. The third kappa shape index (κ3) is 3.24. The Balaban J connectivity index is 1.37. The third-order valence-electron chi connectivity index (χ3n) is 11.4. The van der Waals surface area contributed by atoms with Crippen molar-refractivity contribution in [2.45, 2.75) is 90.1 Å². The molecule has 7 nitrogen and oxygen atoms in total. The highest BCUT2D eigenvalue weighted by Crippen LogP contribution is 2.73. The van der Waals surface area contributed by atoms with Crippen LogP contribution in [0.4, 0.5) is 0 Å². The average molecular weight is 489 g/mol. The minimum Gasteiger partial charge on any atom is -0.478 e. The third-order valence-corrected chi connectivity index (χ3v) is 11.4. The number of hydrogen-bond donors (Lipinski definition) is 4. The van der Waals surface area contributed by atoms with E-state index in [2.05, 4.69) is 13.8 Å². The number of hydrogen-bond acceptors (Lipinski definition) is 6. The number of fused-ring (bicyclic) bond motifs is 4. The van der Waals surface area contributed by atoms with Gasteiger partial charge in [0.25, 0.3) is 0 Å². The van der Waals surface area contributed by atoms with Gasteiger partial charge in [0.15, 0.2) is 5.78 Å². The van der Waals surface area contributed by atoms with Crippen LogP contribution >= 0.6 is 0 Å². The number of carboxylic acids is 1. The first-order valence-electron chi connectivity index (χ1n) is 13.2. The summed E-state index contributed by atoms with van der Waals surface area (Å²) < 4.78 is 6.20. The molecule has 3 saturated carbocycles. The van der Waals surface area contributed by atoms with Crippen LogP contribution in [0.2, 0.25) is 0 Å². The van der Waals surface area contributed by atoms with Crippen LogP contribution in [0, 0.1) is 40.4 Å². The van der Waals surface area contributed by atoms with Crippen molar-refractivity contribution in [3.8, 4) is 0 Å². The molecule has 194 valence electrons. The van der Waals surface area contributed by atoms with Crippen LogP contribution < -0.4 is 0 Å². The van der Waals surface area contributed by atoms with E-state index in [1.807, 2.05) is 6.92 Å². The highest BCUT2D eigenvalue weighted by molar-refractivity contribution is 5.98. The maximum atomic E-state index is 13.3. The second-order valence-electron chi connectivity index (χ2n) is 12.5. The molecule has 35 heavy (non-hydrogen) atoms. The Morgan fingerprint density at radius 1 is 1.23 bits per heavy atom. The molecule has 0 amide bonds. The van der Waals surface area contributed by atoms with Crippen LogP contribution in [0.15, 0.2) is 23.3 Å². The van der Waals surface area contributed by atoms with Crippen LogP contribution in [-0.4, -0.2) is 62.7 Å². The topological polar surface area (TPSA) is 128 Å². The van der Waals surface area contributed by atoms with E-state index in [1.54, 1.807) is 19.1 Å². The van der Waals surface area contributed by atoms with Gasteiger partial charge >= 0.3 is 5.97 Å². The average Bonchev–Trinajstić information content (AvgIpc) is 3.43. The lowest BCUT2D eigenvalue weighted by Gasteiger charge is -2.58. The van der Waals surface area contributed by atoms with E-state index < -0.39 is 35.8 Å². The quantitative estimate of drug-likeness (QED) is 0.334. The van der Waals surface area contributed by atoms with Crippen LogP contribution in [0.1, 0.15) is 66.2 Å². The Bertz CT molecular complexity index is 986. The van der Waals surface area contributed by atoms with Crippen molar-refractivity contribution < 1.29 is 34.8 Å². The van der Waals surface area contributed by atoms with E-state index in [9.17, 15) is 30.0 Å². The van der Waals surface area contributed by atoms with Gasteiger partial charge in [0, 0.05) is 0 Å². The summed E-state index contributed by atoms with van der Waals surface area (Å²) in [7, 11) is 0. The summed E-state index contributed by atoms with van der Waals surface area (Å²) in [6.07, 6.45) is 6.71. The van der Waals surface area contributed by atoms with Crippen molar-refractivity contribution in [3.63, 3.8) is 0 Å². The fraction of sp³-hybridized carbons (Fsp3) is 0.786. The lowest BCUT2D eigenvalue weighted by Crippen LogP contribution is -2.63. The molecule has 7 heteroatoms. The molecule has 4 N–H and O–H groups in total. The number of aliphatic hydroxyl groups is 3. The van der Waals surface area contributed by atoms with Gasteiger partial charge in [0.2, 0.25) is 0 Å². The fourth-order valence-corrected chi connectivity index (χ4v) is 9.37. The fourth-order valence-electron chi connectivity index (χ4n) is 9.37. The number of carboxylic acid groups (broad SMARTS) is 1. The van der Waals surface area contributed by atoms with Gasteiger partial charge in [-0.25, -0.2) is 4.79 Å². The number of aliphatic carboxylic acids is 1. The van der Waals surface area contributed by atoms with Crippen molar-refractivity contribution in [2.24, 2.45) is 40.4 Å². The van der Waals surface area contributed by atoms with Crippen molar-refractivity contribution in [2.75, 3.05) is 6.61 Å². The summed E-state index contributed by atoms with van der Waals surface area (Å²) in [6.45, 7) is 7.58. The van der Waals surface area contributed by atoms with E-state index in [0.717, 1.165) is 32.1 Å². The number of allylic oxidation sites excluding steroid dienone is 1. The summed E-state index contributed by atoms with van der Waals surface area (Å²) in [6, 6.07) is 0. The lowest BCUT2D eigenvalue weighted by molar-refractivity contribution is -0.151. The molecule has 11 atom stereocenters. The molecule has 0 aromatic carbocycles. The summed E-state index contributed by atoms with van der Waals surface area (Å²) in [5.74, 6) is 0.191. The maximum absolute atomic E-state index is 13.3. The normalized spacial score (nSPS) is 48.1. The molecular weight excluding hydrogens is 448 g/mol. The highest BCUT2D eigenvalue weighted by atomic mass is 16.6. The zero-order chi connectivity index (χ0) is 25.5. The number of epoxide rings is 1. The predicted octanol–water partition coefficient (Wildman–Crippen LogP) is 2.87. The second-order valence-corrected chi connectivity index (χ2v) is 12.5. The molecule has 5 aliphatic rings. The summed E-state index contributed by atoms with van der Waals surface area (Å²) in [4.78, 5) is 24.7. The predicted molar refractivity (Wildman–Crippen MR) is 128 cm³/mol. The van der Waals surface area contributed by atoms with Gasteiger partial charge in [-0.1, -0.05) is 19.4 Å². The minimum absolute atomic E-state index is 0.0123. The lowest BCUT2D eigenvalue weighted by atomic mass is 9.44. The van der Waals surface area contributed by atoms with Crippen LogP contribution in [0.25, 0.3) is 0 Å². The van der Waals surface area contributed by atoms with E-state index in [4.69, 9.17) is 4.74 Å². The van der Waals surface area contributed by atoms with Crippen molar-refractivity contribution >= 4 is 11.8 Å². The number of aliphatic hydroxyl groups excluding tert-OH is 3. The molecule has 0 aromatic heterocycles. The molecule has 1 spiro atoms. The van der Waals surface area contributed by atoms with Gasteiger partial charge in [-0.15, -0.1) is 0 Å². The summed E-state index contributed by atoms with van der Waals surface area (Å²) in [5, 5.41) is 40.7. The summed E-state index contributed by atoms with van der Waals surface area (Å²) in [5.41, 5.74) is -0.938. The molecule has 1 aliphatic heterocycles. The number of ether oxygens (including phenoxy) is 1. The molecular formula is C28H40O7. The van der Waals surface area contributed by atoms with Gasteiger partial charge in [-0.3, -0.25) is 4.79 Å². The van der Waals surface area contributed by atoms with E-state index in [-0.39, 0.29) is 41.1 Å². The Morgan fingerprint density at radius 3 is 2.60 bits per heavy atom. The molecule has 0 radical (unpaired) electrons. The number of rotatable bonds is 6. The van der Waals surface area contributed by atoms with Gasteiger partial charge in [0.05, 0.1) is 29.8 Å². The summed E-state index contributed by atoms with van der Waals surface area (Å²) >= 11 is 0. The van der Waals surface area contributed by atoms with E-state index in [0.29, 0.717) is 23.3 Å². The van der Waals surface area contributed by atoms with Crippen molar-refractivity contribution in [3.05, 3.63) is 23.3 Å². The first-order chi connectivity index (χ1) is 16.4. The largest absolute Gasteiger partial charge is 0.478 e. The molecule has 1 saturated heterocycles. The zero-order valence-corrected chi connectivity index (χ0v) is 21.2. The monoisotopic (exact) mass is 488 g/mol. The standard InChI is InChI=1S/C28H40O7/c1-14(17(13-29)25(33)34)11-21(30)15(2)18-5-6-19-16-12-24-28(35-24)23(32)8-7-22(31)27(28,4)20(16)9-10-26(18,19)3/h7-8,15-16,18-21,23-24,29-30,32H,5-6,9-13H2,1-4H3,(H,33,34)/t15-,16-,18+,19-,20-,21?,23?,24?,26+,27-,28?/m0/s1. The Labute approximate surface area is 207 Å². The molecule has 4 fully saturated rings. The van der Waals surface area contributed by atoms with Gasteiger partial charge < -0.3 is 25.2 Å². The van der Waals surface area contributed by atoms with E-state index >= 15 is 0 Å². The molecule has 5 rings (SSSR count). The first kappa shape index (κ1) is 25.1. The number of carbonyl (C=O) groups excluding carboxylic acids is 1. The zero-order valence-electron chi connectivity index (χ0n) is 21.2. The second kappa shape index (κ2) is 8.23. The first-order valence-corrected chi connectivity index (χ1v) is 13.2. The Morgan fingerprint density at radius 2 is 1.94 bits per heavy atom. The number of carbonyl (C=O) groups is 2. The van der Waals surface area contributed by atoms with Gasteiger partial charge in [-0.05, 0) is 99.5 Å². The van der Waals surface area contributed by atoms with Gasteiger partial charge in [0.1, 0.15) is 11.7 Å². The molecule has 0 aromatic rings. The number of ketones is 1. The van der Waals surface area contributed by atoms with Crippen LogP contribution in [0.3, 0.4) is 0 Å². The van der Waals surface area contributed by atoms with Gasteiger partial charge in [-0.2, -0.15) is 0 Å². The SMILES string of the molecule is CC(CC(O)[C@@H](C)[C@H]1CC[C@H]2[C@@H]3CC4OC45C(O)C=CC(=O)[C@]5(C)[C@H]3CC[C@]12C)=C(CO)C(=O)O. The van der Waals surface area contributed by atoms with Crippen LogP contribution in [-0.2, 0) is 14.3 Å². The minimum atomic E-state index is -1.14. The van der Waals surface area contributed by atoms with Crippen LogP contribution in [0.5, 0.6) is 0 Å². The Hall–Kier alpha value is -1.54. The highest BCUT2D eigenvalue weighted by Gasteiger charge is 2.80.